The number of thiazole rings is 1. The van der Waals surface area contributed by atoms with E-state index in [0.717, 1.165) is 36.6 Å². The maximum Gasteiger partial charge on any atom is 0.321 e. The van der Waals surface area contributed by atoms with Gasteiger partial charge in [-0.3, -0.25) is 10.2 Å². The summed E-state index contributed by atoms with van der Waals surface area (Å²) in [7, 11) is 6.18. The van der Waals surface area contributed by atoms with E-state index in [-0.39, 0.29) is 12.8 Å². The number of ether oxygens (including phenoxy) is 2. The fourth-order valence-electron chi connectivity index (χ4n) is 2.54. The van der Waals surface area contributed by atoms with Crippen LogP contribution in [0.2, 0.25) is 0 Å². The fraction of sp³-hybridized carbons (Fsp3) is 0.444. The zero-order chi connectivity index (χ0) is 19.2. The van der Waals surface area contributed by atoms with Gasteiger partial charge in [-0.1, -0.05) is 6.07 Å². The molecule has 0 bridgehead atoms. The van der Waals surface area contributed by atoms with Crippen molar-refractivity contribution in [3.05, 3.63) is 34.8 Å². The highest BCUT2D eigenvalue weighted by molar-refractivity contribution is 7.13. The lowest BCUT2D eigenvalue weighted by atomic mass is 10.2. The summed E-state index contributed by atoms with van der Waals surface area (Å²) in [5.74, 6) is 1.44. The van der Waals surface area contributed by atoms with Gasteiger partial charge in [0.05, 0.1) is 5.69 Å². The van der Waals surface area contributed by atoms with Gasteiger partial charge in [-0.15, -0.1) is 11.3 Å². The Kier molecular flexibility index (Phi) is 6.49. The molecule has 0 saturated carbocycles. The summed E-state index contributed by atoms with van der Waals surface area (Å²) in [6, 6.07) is 5.33. The molecule has 0 fully saturated rings. The van der Waals surface area contributed by atoms with E-state index < -0.39 is 0 Å². The molecule has 2 aromatic rings. The number of aromatic nitrogens is 1. The third kappa shape index (κ3) is 5.81. The van der Waals surface area contributed by atoms with Gasteiger partial charge in [-0.25, -0.2) is 9.78 Å². The molecule has 8 nitrogen and oxygen atoms in total. The number of hydrogen-bond donors (Lipinski definition) is 2. The van der Waals surface area contributed by atoms with Crippen LogP contribution in [0.3, 0.4) is 0 Å². The molecular formula is C18H25N5O3S. The van der Waals surface area contributed by atoms with Gasteiger partial charge >= 0.3 is 6.03 Å². The number of carbonyl (C=O) groups excluding carboxylic acids is 1. The number of nitrogens with zero attached hydrogens (tertiary/aromatic N) is 3. The summed E-state index contributed by atoms with van der Waals surface area (Å²) in [6.07, 6.45) is 0. The number of hydrogen-bond acceptors (Lipinski definition) is 7. The number of urea groups is 1. The lowest BCUT2D eigenvalue weighted by Gasteiger charge is -2.18. The highest BCUT2D eigenvalue weighted by atomic mass is 32.1. The first-order valence-corrected chi connectivity index (χ1v) is 9.58. The number of anilines is 1. The highest BCUT2D eigenvalue weighted by Crippen LogP contribution is 2.32. The molecule has 1 aromatic heterocycles. The Morgan fingerprint density at radius 2 is 2.04 bits per heavy atom. The lowest BCUT2D eigenvalue weighted by Crippen LogP contribution is -2.29. The van der Waals surface area contributed by atoms with Crippen LogP contribution >= 0.6 is 11.3 Å². The quantitative estimate of drug-likeness (QED) is 0.718. The van der Waals surface area contributed by atoms with Crippen molar-refractivity contribution in [2.45, 2.75) is 13.1 Å². The first kappa shape index (κ1) is 19.4. The Bertz CT molecular complexity index is 780. The van der Waals surface area contributed by atoms with Crippen molar-refractivity contribution in [2.75, 3.05) is 46.3 Å². The predicted molar refractivity (Wildman–Crippen MR) is 105 cm³/mol. The number of nitrogens with one attached hydrogen (secondary N) is 2. The molecule has 3 rings (SSSR count). The Morgan fingerprint density at radius 1 is 1.22 bits per heavy atom. The number of amides is 2. The van der Waals surface area contributed by atoms with E-state index in [4.69, 9.17) is 9.47 Å². The summed E-state index contributed by atoms with van der Waals surface area (Å²) >= 11 is 1.43. The highest BCUT2D eigenvalue weighted by Gasteiger charge is 2.14. The van der Waals surface area contributed by atoms with E-state index in [2.05, 4.69) is 46.6 Å². The third-order valence-corrected chi connectivity index (χ3v) is 4.83. The predicted octanol–water partition coefficient (Wildman–Crippen LogP) is 2.19. The van der Waals surface area contributed by atoms with Gasteiger partial charge in [0.15, 0.2) is 16.6 Å². The topological polar surface area (TPSA) is 79.0 Å². The second-order valence-electron chi connectivity index (χ2n) is 6.68. The minimum Gasteiger partial charge on any atom is -0.454 e. The molecule has 0 aliphatic carbocycles. The van der Waals surface area contributed by atoms with E-state index >= 15 is 0 Å². The van der Waals surface area contributed by atoms with Crippen molar-refractivity contribution in [1.82, 2.24) is 20.1 Å². The molecule has 1 aliphatic rings. The summed E-state index contributed by atoms with van der Waals surface area (Å²) < 4.78 is 10.6. The van der Waals surface area contributed by atoms with E-state index in [9.17, 15) is 4.79 Å². The molecule has 1 aromatic carbocycles. The van der Waals surface area contributed by atoms with Gasteiger partial charge < -0.3 is 19.7 Å². The van der Waals surface area contributed by atoms with Crippen LogP contribution in [-0.2, 0) is 13.1 Å². The molecule has 2 amide bonds. The first-order valence-electron chi connectivity index (χ1n) is 8.70. The molecule has 2 N–H and O–H groups in total. The van der Waals surface area contributed by atoms with E-state index in [1.807, 2.05) is 23.6 Å². The second kappa shape index (κ2) is 9.03. The van der Waals surface area contributed by atoms with Crippen molar-refractivity contribution >= 4 is 22.5 Å². The average Bonchev–Trinajstić information content (AvgIpc) is 3.27. The molecule has 0 spiro atoms. The molecule has 0 atom stereocenters. The summed E-state index contributed by atoms with van der Waals surface area (Å²) in [5, 5.41) is 8.17. The number of fused-ring (bicyclic) bond motifs is 1. The Balaban J connectivity index is 1.43. The number of carbonyl (C=O) groups is 1. The molecular weight excluding hydrogens is 366 g/mol. The Labute approximate surface area is 163 Å². The lowest BCUT2D eigenvalue weighted by molar-refractivity contribution is 0.174. The summed E-state index contributed by atoms with van der Waals surface area (Å²) in [6.45, 7) is 3.35. The maximum atomic E-state index is 12.1. The number of benzene rings is 1. The fourth-order valence-corrected chi connectivity index (χ4v) is 3.23. The monoisotopic (exact) mass is 391 g/mol. The van der Waals surface area contributed by atoms with Gasteiger partial charge in [0.25, 0.3) is 0 Å². The van der Waals surface area contributed by atoms with Crippen LogP contribution < -0.4 is 20.1 Å². The number of rotatable bonds is 8. The molecule has 27 heavy (non-hydrogen) atoms. The van der Waals surface area contributed by atoms with Crippen LogP contribution in [0.15, 0.2) is 23.6 Å². The number of likely N-dealkylation sites (N-methyl/N-ethyl adjacent to an activating group) is 2. The van der Waals surface area contributed by atoms with Crippen molar-refractivity contribution < 1.29 is 14.3 Å². The zero-order valence-electron chi connectivity index (χ0n) is 15.8. The van der Waals surface area contributed by atoms with Crippen LogP contribution in [-0.4, -0.2) is 61.8 Å². The van der Waals surface area contributed by atoms with Crippen LogP contribution in [0.5, 0.6) is 11.5 Å². The molecule has 2 heterocycles. The first-order chi connectivity index (χ1) is 13.0. The van der Waals surface area contributed by atoms with Crippen LogP contribution in [0.25, 0.3) is 0 Å². The van der Waals surface area contributed by atoms with Crippen molar-refractivity contribution in [2.24, 2.45) is 0 Å². The van der Waals surface area contributed by atoms with Gasteiger partial charge in [0, 0.05) is 31.6 Å². The van der Waals surface area contributed by atoms with Crippen molar-refractivity contribution in [1.29, 1.82) is 0 Å². The van der Waals surface area contributed by atoms with Crippen LogP contribution in [0, 0.1) is 0 Å². The normalized spacial score (nSPS) is 12.6. The third-order valence-electron chi connectivity index (χ3n) is 4.02. The van der Waals surface area contributed by atoms with Gasteiger partial charge in [-0.05, 0) is 38.8 Å². The summed E-state index contributed by atoms with van der Waals surface area (Å²) in [4.78, 5) is 20.9. The van der Waals surface area contributed by atoms with Gasteiger partial charge in [0.1, 0.15) is 0 Å². The minimum atomic E-state index is -0.283. The van der Waals surface area contributed by atoms with E-state index in [0.29, 0.717) is 17.4 Å². The molecule has 9 heteroatoms. The van der Waals surface area contributed by atoms with Crippen molar-refractivity contribution in [3.8, 4) is 11.5 Å². The molecule has 0 radical (unpaired) electrons. The van der Waals surface area contributed by atoms with Gasteiger partial charge in [-0.2, -0.15) is 0 Å². The van der Waals surface area contributed by atoms with E-state index in [1.54, 1.807) is 0 Å². The molecule has 146 valence electrons. The standard InChI is InChI=1S/C18H25N5O3S/c1-22(2)6-7-23(3)10-14-11-27-18(20-14)21-17(24)19-9-13-4-5-15-16(8-13)26-12-25-15/h4-5,8,11H,6-7,9-10,12H2,1-3H3,(H2,19,20,21,24). The van der Waals surface area contributed by atoms with Crippen LogP contribution in [0.1, 0.15) is 11.3 Å². The molecule has 1 aliphatic heterocycles. The zero-order valence-corrected chi connectivity index (χ0v) is 16.6. The Morgan fingerprint density at radius 3 is 2.85 bits per heavy atom. The summed E-state index contributed by atoms with van der Waals surface area (Å²) in [5.41, 5.74) is 1.89. The van der Waals surface area contributed by atoms with Crippen LogP contribution in [0.4, 0.5) is 9.93 Å². The van der Waals surface area contributed by atoms with E-state index in [1.165, 1.54) is 11.3 Å². The molecule has 0 saturated heterocycles. The SMILES string of the molecule is CN(C)CCN(C)Cc1csc(NC(=O)NCc2ccc3c(c2)OCO3)n1. The molecule has 0 unspecified atom stereocenters. The smallest absolute Gasteiger partial charge is 0.321 e. The minimum absolute atomic E-state index is 0.239. The second-order valence-corrected chi connectivity index (χ2v) is 7.54. The van der Waals surface area contributed by atoms with Gasteiger partial charge in [0.2, 0.25) is 6.79 Å². The average molecular weight is 391 g/mol. The van der Waals surface area contributed by atoms with Crippen molar-refractivity contribution in [3.63, 3.8) is 0 Å². The maximum absolute atomic E-state index is 12.1. The Hall–Kier alpha value is -2.36. The largest absolute Gasteiger partial charge is 0.454 e.